The van der Waals surface area contributed by atoms with Gasteiger partial charge in [-0.05, 0) is 24.3 Å². The fourth-order valence-electron chi connectivity index (χ4n) is 1.73. The van der Waals surface area contributed by atoms with Crippen molar-refractivity contribution >= 4 is 28.3 Å². The van der Waals surface area contributed by atoms with Gasteiger partial charge >= 0.3 is 0 Å². The summed E-state index contributed by atoms with van der Waals surface area (Å²) in [6, 6.07) is 7.35. The number of aromatic amines is 1. The van der Waals surface area contributed by atoms with Crippen LogP contribution < -0.4 is 5.73 Å². The van der Waals surface area contributed by atoms with Crippen molar-refractivity contribution < 1.29 is 0 Å². The lowest BCUT2D eigenvalue weighted by atomic mass is 10.2. The Kier molecular flexibility index (Phi) is 2.23. The maximum atomic E-state index is 5.92. The molecule has 3 N–H and O–H groups in total. The summed E-state index contributed by atoms with van der Waals surface area (Å²) in [5.74, 6) is 0.724. The van der Waals surface area contributed by atoms with E-state index >= 15 is 0 Å². The number of aromatic nitrogens is 3. The molecule has 5 heteroatoms. The van der Waals surface area contributed by atoms with Crippen molar-refractivity contribution in [2.24, 2.45) is 0 Å². The number of anilines is 1. The third-order valence-corrected chi connectivity index (χ3v) is 2.79. The highest BCUT2D eigenvalue weighted by Crippen LogP contribution is 2.25. The van der Waals surface area contributed by atoms with Gasteiger partial charge in [0.2, 0.25) is 0 Å². The van der Waals surface area contributed by atoms with Gasteiger partial charge in [-0.2, -0.15) is 0 Å². The molecule has 0 aliphatic rings. The Balaban J connectivity index is 2.22. The van der Waals surface area contributed by atoms with Gasteiger partial charge in [0.15, 0.2) is 0 Å². The summed E-state index contributed by atoms with van der Waals surface area (Å²) < 4.78 is 0. The van der Waals surface area contributed by atoms with Crippen molar-refractivity contribution in [2.45, 2.75) is 0 Å². The van der Waals surface area contributed by atoms with Crippen molar-refractivity contribution in [3.63, 3.8) is 0 Å². The summed E-state index contributed by atoms with van der Waals surface area (Å²) in [5, 5.41) is 0.676. The Bertz CT molecular complexity index is 690. The van der Waals surface area contributed by atoms with Gasteiger partial charge in [0.05, 0.1) is 22.9 Å². The van der Waals surface area contributed by atoms with E-state index in [4.69, 9.17) is 17.3 Å². The highest BCUT2D eigenvalue weighted by atomic mass is 35.5. The van der Waals surface area contributed by atoms with E-state index < -0.39 is 0 Å². The molecule has 0 atom stereocenters. The number of nitrogens with zero attached hydrogens (tertiary/aromatic N) is 2. The van der Waals surface area contributed by atoms with Gasteiger partial charge in [-0.3, -0.25) is 4.98 Å². The predicted molar refractivity (Wildman–Crippen MR) is 68.7 cm³/mol. The van der Waals surface area contributed by atoms with Crippen LogP contribution in [0, 0.1) is 0 Å². The monoisotopic (exact) mass is 244 g/mol. The minimum atomic E-state index is 0.595. The zero-order valence-electron chi connectivity index (χ0n) is 8.81. The molecule has 0 saturated carbocycles. The molecule has 0 amide bonds. The molecule has 3 aromatic rings. The number of fused-ring (bicyclic) bond motifs is 1. The zero-order valence-corrected chi connectivity index (χ0v) is 9.57. The van der Waals surface area contributed by atoms with E-state index in [0.29, 0.717) is 10.7 Å². The summed E-state index contributed by atoms with van der Waals surface area (Å²) in [6.07, 6.45) is 3.29. The third kappa shape index (κ3) is 1.72. The summed E-state index contributed by atoms with van der Waals surface area (Å²) >= 11 is 5.92. The molecule has 0 fully saturated rings. The lowest BCUT2D eigenvalue weighted by Gasteiger charge is -1.99. The first kappa shape index (κ1) is 10.1. The minimum absolute atomic E-state index is 0.595. The van der Waals surface area contributed by atoms with Crippen molar-refractivity contribution in [2.75, 3.05) is 5.73 Å². The number of imidazole rings is 1. The first-order valence-electron chi connectivity index (χ1n) is 5.09. The minimum Gasteiger partial charge on any atom is -0.397 e. The summed E-state index contributed by atoms with van der Waals surface area (Å²) in [5.41, 5.74) is 9.04. The van der Waals surface area contributed by atoms with Crippen LogP contribution in [0.4, 0.5) is 5.69 Å². The van der Waals surface area contributed by atoms with Gasteiger partial charge in [0.1, 0.15) is 5.82 Å². The van der Waals surface area contributed by atoms with Crippen LogP contribution in [0.5, 0.6) is 0 Å². The van der Waals surface area contributed by atoms with Gasteiger partial charge in [-0.15, -0.1) is 0 Å². The Hall–Kier alpha value is -2.07. The molecule has 2 aromatic heterocycles. The summed E-state index contributed by atoms with van der Waals surface area (Å²) in [6.45, 7) is 0. The highest BCUT2D eigenvalue weighted by Gasteiger charge is 2.08. The third-order valence-electron chi connectivity index (χ3n) is 2.55. The number of H-pyrrole nitrogens is 1. The molecule has 84 valence electrons. The van der Waals surface area contributed by atoms with E-state index in [0.717, 1.165) is 22.4 Å². The van der Waals surface area contributed by atoms with E-state index in [1.807, 2.05) is 24.3 Å². The molecule has 17 heavy (non-hydrogen) atoms. The van der Waals surface area contributed by atoms with Gasteiger partial charge in [0, 0.05) is 16.8 Å². The number of benzene rings is 1. The molecule has 0 radical (unpaired) electrons. The Morgan fingerprint density at radius 2 is 2.12 bits per heavy atom. The Morgan fingerprint density at radius 3 is 2.94 bits per heavy atom. The first-order chi connectivity index (χ1) is 8.24. The van der Waals surface area contributed by atoms with Crippen LogP contribution in [0.15, 0.2) is 36.7 Å². The molecule has 2 heterocycles. The van der Waals surface area contributed by atoms with Crippen molar-refractivity contribution in [1.29, 1.82) is 0 Å². The van der Waals surface area contributed by atoms with Crippen LogP contribution in [-0.2, 0) is 0 Å². The lowest BCUT2D eigenvalue weighted by molar-refractivity contribution is 1.29. The highest BCUT2D eigenvalue weighted by molar-refractivity contribution is 6.31. The predicted octanol–water partition coefficient (Wildman–Crippen LogP) is 2.86. The number of nitrogen functional groups attached to an aromatic ring is 1. The van der Waals surface area contributed by atoms with E-state index in [1.165, 1.54) is 0 Å². The summed E-state index contributed by atoms with van der Waals surface area (Å²) in [4.78, 5) is 11.6. The second-order valence-electron chi connectivity index (χ2n) is 3.71. The standard InChI is InChI=1S/C12H9ClN4/c13-7-1-2-10-11(5-7)17-12(16-10)8-3-4-15-6-9(8)14/h1-6H,14H2,(H,16,17). The van der Waals surface area contributed by atoms with E-state index in [1.54, 1.807) is 12.4 Å². The zero-order chi connectivity index (χ0) is 11.8. The van der Waals surface area contributed by atoms with Crippen LogP contribution in [0.2, 0.25) is 5.02 Å². The van der Waals surface area contributed by atoms with Crippen LogP contribution in [0.3, 0.4) is 0 Å². The van der Waals surface area contributed by atoms with Crippen molar-refractivity contribution in [1.82, 2.24) is 15.0 Å². The smallest absolute Gasteiger partial charge is 0.140 e. The topological polar surface area (TPSA) is 67.6 Å². The maximum absolute atomic E-state index is 5.92. The molecular formula is C12H9ClN4. The number of halogens is 1. The molecule has 4 nitrogen and oxygen atoms in total. The van der Waals surface area contributed by atoms with Gasteiger partial charge in [0.25, 0.3) is 0 Å². The molecular weight excluding hydrogens is 236 g/mol. The van der Waals surface area contributed by atoms with E-state index in [9.17, 15) is 0 Å². The molecule has 0 saturated heterocycles. The lowest BCUT2D eigenvalue weighted by Crippen LogP contribution is -1.91. The number of nitrogens with two attached hydrogens (primary N) is 1. The number of pyridine rings is 1. The normalized spacial score (nSPS) is 10.9. The fourth-order valence-corrected chi connectivity index (χ4v) is 1.90. The molecule has 3 rings (SSSR count). The van der Waals surface area contributed by atoms with E-state index in [-0.39, 0.29) is 0 Å². The SMILES string of the molecule is Nc1cnccc1-c1nc2ccc(Cl)cc2[nH]1. The first-order valence-corrected chi connectivity index (χ1v) is 5.47. The maximum Gasteiger partial charge on any atom is 0.140 e. The average Bonchev–Trinajstić information content (AvgIpc) is 2.72. The second kappa shape index (κ2) is 3.75. The second-order valence-corrected chi connectivity index (χ2v) is 4.15. The van der Waals surface area contributed by atoms with Gasteiger partial charge < -0.3 is 10.7 Å². The molecule has 1 aromatic carbocycles. The molecule has 0 bridgehead atoms. The van der Waals surface area contributed by atoms with Gasteiger partial charge in [-0.25, -0.2) is 4.98 Å². The quantitative estimate of drug-likeness (QED) is 0.692. The van der Waals surface area contributed by atoms with Crippen molar-refractivity contribution in [3.8, 4) is 11.4 Å². The average molecular weight is 245 g/mol. The van der Waals surface area contributed by atoms with Crippen LogP contribution in [0.1, 0.15) is 0 Å². The molecule has 0 unspecified atom stereocenters. The van der Waals surface area contributed by atoms with Crippen LogP contribution in [-0.4, -0.2) is 15.0 Å². The Morgan fingerprint density at radius 1 is 1.24 bits per heavy atom. The van der Waals surface area contributed by atoms with Gasteiger partial charge in [-0.1, -0.05) is 11.6 Å². The van der Waals surface area contributed by atoms with Crippen molar-refractivity contribution in [3.05, 3.63) is 41.7 Å². The number of hydrogen-bond donors (Lipinski definition) is 2. The summed E-state index contributed by atoms with van der Waals surface area (Å²) in [7, 11) is 0. The Labute approximate surface area is 102 Å². The number of hydrogen-bond acceptors (Lipinski definition) is 3. The number of rotatable bonds is 1. The van der Waals surface area contributed by atoms with E-state index in [2.05, 4.69) is 15.0 Å². The molecule has 0 aliphatic heterocycles. The van der Waals surface area contributed by atoms with Crippen LogP contribution >= 0.6 is 11.6 Å². The largest absolute Gasteiger partial charge is 0.397 e. The number of nitrogens with one attached hydrogen (secondary N) is 1. The molecule has 0 aliphatic carbocycles. The fraction of sp³-hybridized carbons (Fsp3) is 0. The molecule has 0 spiro atoms. The van der Waals surface area contributed by atoms with Crippen LogP contribution in [0.25, 0.3) is 22.4 Å².